The van der Waals surface area contributed by atoms with Crippen molar-refractivity contribution in [3.8, 4) is 11.4 Å². The molecule has 0 amide bonds. The molecule has 1 aliphatic rings. The Bertz CT molecular complexity index is 591. The summed E-state index contributed by atoms with van der Waals surface area (Å²) in [7, 11) is 0. The van der Waals surface area contributed by atoms with Gasteiger partial charge >= 0.3 is 0 Å². The number of aromatic nitrogens is 3. The smallest absolute Gasteiger partial charge is 0.121 e. The molecule has 5 nitrogen and oxygen atoms in total. The van der Waals surface area contributed by atoms with Crippen LogP contribution in [0, 0.1) is 0 Å². The second kappa shape index (κ2) is 6.26. The molecule has 5 heteroatoms. The minimum absolute atomic E-state index is 0.217. The summed E-state index contributed by atoms with van der Waals surface area (Å²) >= 11 is 0. The molecule has 1 unspecified atom stereocenters. The number of rotatable bonds is 7. The molecule has 1 atom stereocenters. The molecule has 1 N–H and O–H groups in total. The molecular formula is C16H22N4O. The van der Waals surface area contributed by atoms with Gasteiger partial charge in [0.05, 0.1) is 23.7 Å². The number of ether oxygens (including phenoxy) is 1. The molecular weight excluding hydrogens is 264 g/mol. The van der Waals surface area contributed by atoms with Crippen LogP contribution in [0.15, 0.2) is 30.5 Å². The monoisotopic (exact) mass is 286 g/mol. The lowest BCUT2D eigenvalue weighted by molar-refractivity contribution is 0.217. The van der Waals surface area contributed by atoms with Crippen LogP contribution in [0.1, 0.15) is 38.8 Å². The molecule has 1 aliphatic carbocycles. The van der Waals surface area contributed by atoms with Crippen LogP contribution in [0.4, 0.5) is 0 Å². The largest absolute Gasteiger partial charge is 0.491 e. The average Bonchev–Trinajstić information content (AvgIpc) is 3.21. The van der Waals surface area contributed by atoms with Crippen LogP contribution < -0.4 is 10.1 Å². The van der Waals surface area contributed by atoms with E-state index in [1.807, 2.05) is 30.5 Å². The van der Waals surface area contributed by atoms with E-state index in [0.717, 1.165) is 30.1 Å². The van der Waals surface area contributed by atoms with Gasteiger partial charge in [0.25, 0.3) is 0 Å². The molecule has 1 heterocycles. The molecule has 0 spiro atoms. The summed E-state index contributed by atoms with van der Waals surface area (Å²) in [5, 5.41) is 11.8. The molecule has 2 aromatic rings. The van der Waals surface area contributed by atoms with Gasteiger partial charge in [-0.3, -0.25) is 0 Å². The first-order valence-corrected chi connectivity index (χ1v) is 7.66. The highest BCUT2D eigenvalue weighted by molar-refractivity contribution is 5.38. The maximum Gasteiger partial charge on any atom is 0.121 e. The normalized spacial score (nSPS) is 15.9. The van der Waals surface area contributed by atoms with Crippen molar-refractivity contribution in [1.29, 1.82) is 0 Å². The SMILES string of the molecule is CCC(C)Oc1cccc(-n2cc(CNC3CC3)nn2)c1. The summed E-state index contributed by atoms with van der Waals surface area (Å²) in [5.41, 5.74) is 1.94. The highest BCUT2D eigenvalue weighted by atomic mass is 16.5. The van der Waals surface area contributed by atoms with E-state index in [1.165, 1.54) is 12.8 Å². The van der Waals surface area contributed by atoms with Crippen molar-refractivity contribution in [3.05, 3.63) is 36.2 Å². The van der Waals surface area contributed by atoms with Gasteiger partial charge in [-0.2, -0.15) is 0 Å². The van der Waals surface area contributed by atoms with Crippen molar-refractivity contribution in [2.24, 2.45) is 0 Å². The standard InChI is InChI=1S/C16H22N4O/c1-3-12(2)21-16-6-4-5-15(9-16)20-11-14(18-19-20)10-17-13-7-8-13/h4-6,9,11-13,17H,3,7-8,10H2,1-2H3. The van der Waals surface area contributed by atoms with E-state index in [9.17, 15) is 0 Å². The summed E-state index contributed by atoms with van der Waals surface area (Å²) < 4.78 is 7.64. The second-order valence-electron chi connectivity index (χ2n) is 5.64. The average molecular weight is 286 g/mol. The van der Waals surface area contributed by atoms with Gasteiger partial charge in [-0.05, 0) is 38.3 Å². The number of benzene rings is 1. The Labute approximate surface area is 125 Å². The summed E-state index contributed by atoms with van der Waals surface area (Å²) in [5.74, 6) is 0.870. The molecule has 1 aromatic carbocycles. The molecule has 1 aromatic heterocycles. The van der Waals surface area contributed by atoms with Crippen molar-refractivity contribution in [2.45, 2.75) is 51.8 Å². The van der Waals surface area contributed by atoms with E-state index in [0.29, 0.717) is 6.04 Å². The first kappa shape index (κ1) is 14.1. The maximum absolute atomic E-state index is 5.85. The van der Waals surface area contributed by atoms with Crippen LogP contribution in [0.3, 0.4) is 0 Å². The van der Waals surface area contributed by atoms with E-state index < -0.39 is 0 Å². The molecule has 3 rings (SSSR count). The topological polar surface area (TPSA) is 52.0 Å². The second-order valence-corrected chi connectivity index (χ2v) is 5.64. The fourth-order valence-electron chi connectivity index (χ4n) is 2.06. The van der Waals surface area contributed by atoms with Crippen LogP contribution >= 0.6 is 0 Å². The quantitative estimate of drug-likeness (QED) is 0.850. The Hall–Kier alpha value is -1.88. The van der Waals surface area contributed by atoms with Gasteiger partial charge in [-0.25, -0.2) is 4.68 Å². The Morgan fingerprint density at radius 1 is 1.43 bits per heavy atom. The van der Waals surface area contributed by atoms with Crippen molar-refractivity contribution in [1.82, 2.24) is 20.3 Å². The maximum atomic E-state index is 5.85. The minimum atomic E-state index is 0.217. The van der Waals surface area contributed by atoms with Gasteiger partial charge in [0, 0.05) is 18.7 Å². The Morgan fingerprint density at radius 2 is 2.29 bits per heavy atom. The zero-order valence-electron chi connectivity index (χ0n) is 12.6. The van der Waals surface area contributed by atoms with Gasteiger partial charge in [-0.1, -0.05) is 18.2 Å². The van der Waals surface area contributed by atoms with Crippen LogP contribution in [0.5, 0.6) is 5.75 Å². The molecule has 21 heavy (non-hydrogen) atoms. The van der Waals surface area contributed by atoms with Gasteiger partial charge in [0.1, 0.15) is 5.75 Å². The predicted octanol–water partition coefficient (Wildman–Crippen LogP) is 2.70. The lowest BCUT2D eigenvalue weighted by Gasteiger charge is -2.13. The number of hydrogen-bond acceptors (Lipinski definition) is 4. The number of nitrogens with zero attached hydrogens (tertiary/aromatic N) is 3. The van der Waals surface area contributed by atoms with Crippen molar-refractivity contribution < 1.29 is 4.74 Å². The molecule has 112 valence electrons. The third kappa shape index (κ3) is 3.82. The highest BCUT2D eigenvalue weighted by Crippen LogP contribution is 2.20. The summed E-state index contributed by atoms with van der Waals surface area (Å²) in [6.07, 6.45) is 5.74. The Balaban J connectivity index is 1.68. The van der Waals surface area contributed by atoms with Crippen molar-refractivity contribution >= 4 is 0 Å². The first-order valence-electron chi connectivity index (χ1n) is 7.66. The number of hydrogen-bond donors (Lipinski definition) is 1. The number of nitrogens with one attached hydrogen (secondary N) is 1. The third-order valence-corrected chi connectivity index (χ3v) is 3.68. The van der Waals surface area contributed by atoms with Gasteiger partial charge in [-0.15, -0.1) is 5.10 Å². The zero-order chi connectivity index (χ0) is 14.7. The fourth-order valence-corrected chi connectivity index (χ4v) is 2.06. The minimum Gasteiger partial charge on any atom is -0.491 e. The van der Waals surface area contributed by atoms with Gasteiger partial charge in [0.2, 0.25) is 0 Å². The van der Waals surface area contributed by atoms with Crippen molar-refractivity contribution in [3.63, 3.8) is 0 Å². The van der Waals surface area contributed by atoms with Crippen LogP contribution in [0.25, 0.3) is 5.69 Å². The van der Waals surface area contributed by atoms with E-state index in [4.69, 9.17) is 4.74 Å². The molecule has 1 fully saturated rings. The summed E-state index contributed by atoms with van der Waals surface area (Å²) in [6, 6.07) is 8.65. The van der Waals surface area contributed by atoms with Gasteiger partial charge < -0.3 is 10.1 Å². The lowest BCUT2D eigenvalue weighted by atomic mass is 10.3. The van der Waals surface area contributed by atoms with Crippen LogP contribution in [-0.4, -0.2) is 27.1 Å². The van der Waals surface area contributed by atoms with E-state index in [2.05, 4.69) is 29.5 Å². The Morgan fingerprint density at radius 3 is 3.05 bits per heavy atom. The van der Waals surface area contributed by atoms with E-state index in [-0.39, 0.29) is 6.10 Å². The lowest BCUT2D eigenvalue weighted by Crippen LogP contribution is -2.15. The van der Waals surface area contributed by atoms with E-state index in [1.54, 1.807) is 4.68 Å². The summed E-state index contributed by atoms with van der Waals surface area (Å²) in [6.45, 7) is 4.97. The van der Waals surface area contributed by atoms with Crippen LogP contribution in [0.2, 0.25) is 0 Å². The zero-order valence-corrected chi connectivity index (χ0v) is 12.6. The summed E-state index contributed by atoms with van der Waals surface area (Å²) in [4.78, 5) is 0. The molecule has 1 saturated carbocycles. The molecule has 0 aliphatic heterocycles. The third-order valence-electron chi connectivity index (χ3n) is 3.68. The van der Waals surface area contributed by atoms with Crippen LogP contribution in [-0.2, 0) is 6.54 Å². The van der Waals surface area contributed by atoms with E-state index >= 15 is 0 Å². The molecule has 0 saturated heterocycles. The van der Waals surface area contributed by atoms with Gasteiger partial charge in [0.15, 0.2) is 0 Å². The molecule has 0 bridgehead atoms. The highest BCUT2D eigenvalue weighted by Gasteiger charge is 2.20. The van der Waals surface area contributed by atoms with Crippen molar-refractivity contribution in [2.75, 3.05) is 0 Å². The first-order chi connectivity index (χ1) is 10.2. The Kier molecular flexibility index (Phi) is 4.20. The molecule has 0 radical (unpaired) electrons. The predicted molar refractivity (Wildman–Crippen MR) is 81.6 cm³/mol. The fraction of sp³-hybridized carbons (Fsp3) is 0.500.